The van der Waals surface area contributed by atoms with Crippen LogP contribution in [0.5, 0.6) is 0 Å². The van der Waals surface area contributed by atoms with Crippen LogP contribution in [0.2, 0.25) is 5.02 Å². The van der Waals surface area contributed by atoms with Crippen molar-refractivity contribution < 1.29 is 14.6 Å². The zero-order valence-corrected chi connectivity index (χ0v) is 13.8. The lowest BCUT2D eigenvalue weighted by Crippen LogP contribution is -2.36. The van der Waals surface area contributed by atoms with Crippen molar-refractivity contribution >= 4 is 23.3 Å². The summed E-state index contributed by atoms with van der Waals surface area (Å²) in [6.45, 7) is 0.762. The minimum absolute atomic E-state index is 0.0258. The van der Waals surface area contributed by atoms with Gasteiger partial charge in [-0.2, -0.15) is 0 Å². The normalized spacial score (nSPS) is 25.3. The molecule has 4 rings (SSSR count). The summed E-state index contributed by atoms with van der Waals surface area (Å²) < 4.78 is 6.08. The van der Waals surface area contributed by atoms with E-state index in [1.165, 1.54) is 0 Å². The van der Waals surface area contributed by atoms with Gasteiger partial charge in [-0.05, 0) is 48.7 Å². The van der Waals surface area contributed by atoms with Gasteiger partial charge in [0.15, 0.2) is 0 Å². The number of fused-ring (bicyclic) bond motifs is 3. The first-order chi connectivity index (χ1) is 11.6. The number of hydrogen-bond acceptors (Lipinski definition) is 3. The van der Waals surface area contributed by atoms with Crippen LogP contribution in [0.1, 0.15) is 46.5 Å². The van der Waals surface area contributed by atoms with E-state index in [0.29, 0.717) is 16.5 Å². The summed E-state index contributed by atoms with van der Waals surface area (Å²) in [5.74, 6) is -0.600. The molecule has 2 aromatic carbocycles. The predicted molar refractivity (Wildman–Crippen MR) is 92.6 cm³/mol. The lowest BCUT2D eigenvalue weighted by atomic mass is 9.77. The molecular formula is C19H18ClNO3. The molecule has 0 spiro atoms. The quantitative estimate of drug-likeness (QED) is 0.831. The molecule has 2 aromatic rings. The molecule has 3 atom stereocenters. The second-order valence-corrected chi connectivity index (χ2v) is 6.81. The molecule has 1 fully saturated rings. The van der Waals surface area contributed by atoms with E-state index >= 15 is 0 Å². The van der Waals surface area contributed by atoms with Gasteiger partial charge in [0.05, 0.1) is 17.7 Å². The summed E-state index contributed by atoms with van der Waals surface area (Å²) in [4.78, 5) is 11.1. The maximum absolute atomic E-state index is 11.1. The minimum atomic E-state index is -0.906. The largest absolute Gasteiger partial charge is 0.478 e. The number of aromatic carboxylic acids is 1. The van der Waals surface area contributed by atoms with Gasteiger partial charge in [0, 0.05) is 28.8 Å². The summed E-state index contributed by atoms with van der Waals surface area (Å²) in [5, 5.41) is 13.4. The summed E-state index contributed by atoms with van der Waals surface area (Å²) in [7, 11) is 0. The predicted octanol–water partition coefficient (Wildman–Crippen LogP) is 4.67. The van der Waals surface area contributed by atoms with Gasteiger partial charge in [-0.3, -0.25) is 0 Å². The van der Waals surface area contributed by atoms with E-state index in [1.54, 1.807) is 12.1 Å². The first kappa shape index (κ1) is 15.5. The fourth-order valence-corrected chi connectivity index (χ4v) is 3.99. The van der Waals surface area contributed by atoms with E-state index in [9.17, 15) is 4.79 Å². The van der Waals surface area contributed by atoms with Crippen molar-refractivity contribution in [3.63, 3.8) is 0 Å². The van der Waals surface area contributed by atoms with Crippen LogP contribution in [0.25, 0.3) is 0 Å². The third-order valence-electron chi connectivity index (χ3n) is 4.94. The number of rotatable bonds is 2. The molecule has 5 heteroatoms. The van der Waals surface area contributed by atoms with E-state index in [0.717, 1.165) is 36.3 Å². The Bertz CT molecular complexity index is 775. The van der Waals surface area contributed by atoms with Crippen molar-refractivity contribution in [2.75, 3.05) is 11.9 Å². The number of hydrogen-bond donors (Lipinski definition) is 2. The van der Waals surface area contributed by atoms with E-state index < -0.39 is 5.97 Å². The molecule has 0 aliphatic carbocycles. The maximum atomic E-state index is 11.1. The number of halogens is 1. The van der Waals surface area contributed by atoms with Crippen molar-refractivity contribution in [3.05, 3.63) is 64.2 Å². The first-order valence-electron chi connectivity index (χ1n) is 8.14. The molecule has 24 heavy (non-hydrogen) atoms. The molecule has 0 radical (unpaired) electrons. The Labute approximate surface area is 145 Å². The van der Waals surface area contributed by atoms with Crippen LogP contribution in [-0.4, -0.2) is 17.7 Å². The molecule has 124 valence electrons. The third-order valence-corrected chi connectivity index (χ3v) is 5.18. The van der Waals surface area contributed by atoms with Crippen LogP contribution in [0.3, 0.4) is 0 Å². The van der Waals surface area contributed by atoms with Crippen LogP contribution in [0.15, 0.2) is 42.5 Å². The molecule has 0 saturated carbocycles. The van der Waals surface area contributed by atoms with Gasteiger partial charge in [0.2, 0.25) is 0 Å². The third kappa shape index (κ3) is 2.66. The molecule has 2 aliphatic heterocycles. The Kier molecular flexibility index (Phi) is 3.94. The Hall–Kier alpha value is -2.04. The molecule has 2 aliphatic rings. The Morgan fingerprint density at radius 2 is 2.00 bits per heavy atom. The highest BCUT2D eigenvalue weighted by Crippen LogP contribution is 2.49. The van der Waals surface area contributed by atoms with Gasteiger partial charge in [-0.1, -0.05) is 23.7 Å². The zero-order chi connectivity index (χ0) is 16.7. The standard InChI is InChI=1S/C19H18ClNO3/c20-13-7-8-16-15(10-13)18-14(2-1-9-24-18)17(21-16)11-3-5-12(6-4-11)19(22)23/h3-8,10,14,17-18,21H,1-2,9H2,(H,22,23). The highest BCUT2D eigenvalue weighted by molar-refractivity contribution is 6.30. The number of anilines is 1. The molecule has 0 amide bonds. The van der Waals surface area contributed by atoms with Gasteiger partial charge in [-0.15, -0.1) is 0 Å². The highest BCUT2D eigenvalue weighted by atomic mass is 35.5. The molecule has 2 heterocycles. The second-order valence-electron chi connectivity index (χ2n) is 6.38. The number of ether oxygens (including phenoxy) is 1. The maximum Gasteiger partial charge on any atom is 0.335 e. The lowest BCUT2D eigenvalue weighted by molar-refractivity contribution is -0.0381. The SMILES string of the molecule is O=C(O)c1ccc(C2Nc3ccc(Cl)cc3C3OCCCC23)cc1. The van der Waals surface area contributed by atoms with Gasteiger partial charge in [0.25, 0.3) is 0 Å². The van der Waals surface area contributed by atoms with Crippen LogP contribution < -0.4 is 5.32 Å². The van der Waals surface area contributed by atoms with Gasteiger partial charge in [-0.25, -0.2) is 4.79 Å². The van der Waals surface area contributed by atoms with Crippen LogP contribution in [0.4, 0.5) is 5.69 Å². The van der Waals surface area contributed by atoms with Crippen molar-refractivity contribution in [1.82, 2.24) is 0 Å². The van der Waals surface area contributed by atoms with Crippen LogP contribution in [0, 0.1) is 5.92 Å². The first-order valence-corrected chi connectivity index (χ1v) is 8.52. The van der Waals surface area contributed by atoms with Crippen molar-refractivity contribution in [2.45, 2.75) is 25.0 Å². The number of nitrogens with one attached hydrogen (secondary N) is 1. The van der Waals surface area contributed by atoms with Crippen molar-refractivity contribution in [1.29, 1.82) is 0 Å². The number of carboxylic acids is 1. The molecule has 0 bridgehead atoms. The lowest BCUT2D eigenvalue weighted by Gasteiger charge is -2.43. The Morgan fingerprint density at radius 1 is 1.21 bits per heavy atom. The second kappa shape index (κ2) is 6.11. The Balaban J connectivity index is 1.73. The highest BCUT2D eigenvalue weighted by Gasteiger charge is 2.39. The summed E-state index contributed by atoms with van der Waals surface area (Å²) in [6.07, 6.45) is 2.12. The molecule has 3 unspecified atom stereocenters. The van der Waals surface area contributed by atoms with Crippen LogP contribution in [-0.2, 0) is 4.74 Å². The summed E-state index contributed by atoms with van der Waals surface area (Å²) in [5.41, 5.74) is 3.54. The van der Waals surface area contributed by atoms with E-state index in [4.69, 9.17) is 21.4 Å². The molecule has 1 saturated heterocycles. The smallest absolute Gasteiger partial charge is 0.335 e. The number of benzene rings is 2. The molecule has 2 N–H and O–H groups in total. The number of carbonyl (C=O) groups is 1. The van der Waals surface area contributed by atoms with Gasteiger partial charge < -0.3 is 15.2 Å². The average molecular weight is 344 g/mol. The van der Waals surface area contributed by atoms with E-state index in [2.05, 4.69) is 5.32 Å². The van der Waals surface area contributed by atoms with Crippen molar-refractivity contribution in [2.24, 2.45) is 5.92 Å². The monoisotopic (exact) mass is 343 g/mol. The fraction of sp³-hybridized carbons (Fsp3) is 0.316. The Morgan fingerprint density at radius 3 is 2.75 bits per heavy atom. The average Bonchev–Trinajstić information content (AvgIpc) is 2.61. The van der Waals surface area contributed by atoms with E-state index in [-0.39, 0.29) is 12.1 Å². The molecule has 4 nitrogen and oxygen atoms in total. The van der Waals surface area contributed by atoms with Gasteiger partial charge >= 0.3 is 5.97 Å². The fourth-order valence-electron chi connectivity index (χ4n) is 3.80. The molecule has 0 aromatic heterocycles. The minimum Gasteiger partial charge on any atom is -0.478 e. The molecular weight excluding hydrogens is 326 g/mol. The van der Waals surface area contributed by atoms with Gasteiger partial charge in [0.1, 0.15) is 0 Å². The zero-order valence-electron chi connectivity index (χ0n) is 13.0. The topological polar surface area (TPSA) is 58.6 Å². The summed E-state index contributed by atoms with van der Waals surface area (Å²) >= 11 is 6.17. The van der Waals surface area contributed by atoms with Crippen molar-refractivity contribution in [3.8, 4) is 0 Å². The number of carboxylic acid groups (broad SMARTS) is 1. The van der Waals surface area contributed by atoms with Crippen LogP contribution >= 0.6 is 11.6 Å². The summed E-state index contributed by atoms with van der Waals surface area (Å²) in [6, 6.07) is 13.1. The van der Waals surface area contributed by atoms with E-state index in [1.807, 2.05) is 30.3 Å².